The molecule has 9 unspecified atom stereocenters. The van der Waals surface area contributed by atoms with Crippen LogP contribution in [0.4, 0.5) is 0 Å². The summed E-state index contributed by atoms with van der Waals surface area (Å²) in [6.07, 6.45) is 44.2. The molecular weight excluding hydrogens is 599 g/mol. The minimum atomic E-state index is -0.729. The summed E-state index contributed by atoms with van der Waals surface area (Å²) in [6.45, 7) is 4.65. The van der Waals surface area contributed by atoms with Crippen LogP contribution in [0.3, 0.4) is 0 Å². The quantitative estimate of drug-likeness (QED) is 0.0543. The number of carboxylic acids is 1. The molecule has 0 heterocycles. The molecule has 0 radical (unpaired) electrons. The Morgan fingerprint density at radius 3 is 1.22 bits per heavy atom. The maximum Gasteiger partial charge on any atom is 0.309 e. The molecule has 0 aromatic carbocycles. The molecule has 4 rings (SSSR count). The summed E-state index contributed by atoms with van der Waals surface area (Å²) in [4.78, 5) is 15.8. The van der Waals surface area contributed by atoms with Crippen molar-refractivity contribution >= 4 is 11.7 Å². The van der Waals surface area contributed by atoms with Crippen LogP contribution in [0.5, 0.6) is 0 Å². The van der Waals surface area contributed by atoms with Gasteiger partial charge in [0.2, 0.25) is 0 Å². The van der Waals surface area contributed by atoms with Crippen LogP contribution in [0.1, 0.15) is 219 Å². The van der Waals surface area contributed by atoms with Gasteiger partial charge in [-0.05, 0) is 98.2 Å². The topological polar surface area (TPSA) is 49.7 Å². The van der Waals surface area contributed by atoms with Crippen molar-refractivity contribution in [2.75, 3.05) is 7.05 Å². The molecule has 3 heteroatoms. The van der Waals surface area contributed by atoms with Gasteiger partial charge in [0.25, 0.3) is 0 Å². The SMILES string of the molecule is CCCCCC1CC1CC1CC1CCCCCCCCCC(CCCCCCCC1CC1CC1CC1CCCCC)C/C(CC(=O)O)=N/C. The summed E-state index contributed by atoms with van der Waals surface area (Å²) in [5.41, 5.74) is 0.900. The van der Waals surface area contributed by atoms with E-state index in [-0.39, 0.29) is 6.42 Å². The highest BCUT2D eigenvalue weighted by Gasteiger charge is 2.45. The minimum absolute atomic E-state index is 0.122. The third kappa shape index (κ3) is 18.0. The lowest BCUT2D eigenvalue weighted by molar-refractivity contribution is -0.135. The Kier molecular flexibility index (Phi) is 19.7. The molecule has 0 saturated heterocycles. The van der Waals surface area contributed by atoms with E-state index < -0.39 is 5.97 Å². The van der Waals surface area contributed by atoms with Crippen molar-refractivity contribution in [3.8, 4) is 0 Å². The molecule has 4 saturated carbocycles. The first-order valence-corrected chi connectivity index (χ1v) is 22.7. The van der Waals surface area contributed by atoms with Crippen molar-refractivity contribution in [3.63, 3.8) is 0 Å². The fraction of sp³-hybridized carbons (Fsp3) is 0.957. The molecule has 284 valence electrons. The number of nitrogens with zero attached hydrogens (tertiary/aromatic N) is 1. The Hall–Kier alpha value is -0.860. The van der Waals surface area contributed by atoms with Crippen LogP contribution in [0.25, 0.3) is 0 Å². The van der Waals surface area contributed by atoms with Crippen molar-refractivity contribution in [1.29, 1.82) is 0 Å². The monoisotopic (exact) mass is 682 g/mol. The zero-order valence-electron chi connectivity index (χ0n) is 33.1. The van der Waals surface area contributed by atoms with E-state index in [1.165, 1.54) is 154 Å². The zero-order chi connectivity index (χ0) is 34.7. The molecule has 3 nitrogen and oxygen atoms in total. The molecule has 4 fully saturated rings. The third-order valence-corrected chi connectivity index (χ3v) is 13.9. The highest BCUT2D eigenvalue weighted by atomic mass is 16.4. The van der Waals surface area contributed by atoms with Gasteiger partial charge in [-0.15, -0.1) is 0 Å². The highest BCUT2D eigenvalue weighted by molar-refractivity contribution is 5.98. The molecule has 49 heavy (non-hydrogen) atoms. The molecule has 0 spiro atoms. The van der Waals surface area contributed by atoms with Crippen LogP contribution >= 0.6 is 0 Å². The van der Waals surface area contributed by atoms with E-state index in [0.717, 1.165) is 59.5 Å². The lowest BCUT2D eigenvalue weighted by Gasteiger charge is -2.18. The van der Waals surface area contributed by atoms with Crippen molar-refractivity contribution < 1.29 is 9.90 Å². The van der Waals surface area contributed by atoms with E-state index in [2.05, 4.69) is 18.8 Å². The Balaban J connectivity index is 0.954. The Morgan fingerprint density at radius 1 is 0.531 bits per heavy atom. The van der Waals surface area contributed by atoms with Crippen LogP contribution in [-0.4, -0.2) is 23.8 Å². The number of rotatable bonds is 34. The van der Waals surface area contributed by atoms with E-state index in [4.69, 9.17) is 0 Å². The van der Waals surface area contributed by atoms with E-state index >= 15 is 0 Å². The molecular formula is C46H83NO2. The Morgan fingerprint density at radius 2 is 0.878 bits per heavy atom. The van der Waals surface area contributed by atoms with Gasteiger partial charge in [-0.25, -0.2) is 0 Å². The summed E-state index contributed by atoms with van der Waals surface area (Å²) in [5.74, 6) is 8.68. The van der Waals surface area contributed by atoms with Crippen LogP contribution in [0.2, 0.25) is 0 Å². The standard InChI is InChI=1S/C46H83NO2/c1-4-6-16-24-37-29-41(37)33-43-31-39(43)26-20-14-10-8-9-12-18-22-36(28-45(47-3)35-46(48)49)23-19-13-11-15-21-27-40-32-44(40)34-42-30-38(42)25-17-7-5-2/h36-44H,4-35H2,1-3H3,(H,48,49)/b47-45-. The second kappa shape index (κ2) is 23.7. The van der Waals surface area contributed by atoms with Gasteiger partial charge in [0.15, 0.2) is 0 Å². The molecule has 0 aliphatic heterocycles. The molecule has 0 aromatic rings. The van der Waals surface area contributed by atoms with Crippen molar-refractivity contribution in [2.45, 2.75) is 219 Å². The lowest BCUT2D eigenvalue weighted by Crippen LogP contribution is -2.13. The molecule has 4 aliphatic carbocycles. The first-order chi connectivity index (χ1) is 24.0. The van der Waals surface area contributed by atoms with E-state index in [9.17, 15) is 9.90 Å². The highest BCUT2D eigenvalue weighted by Crippen LogP contribution is 2.55. The van der Waals surface area contributed by atoms with Crippen LogP contribution in [0, 0.1) is 53.3 Å². The fourth-order valence-electron chi connectivity index (χ4n) is 10.1. The number of carbonyl (C=O) groups is 1. The number of carboxylic acid groups (broad SMARTS) is 1. The van der Waals surface area contributed by atoms with Crippen molar-refractivity contribution in [3.05, 3.63) is 0 Å². The Labute approximate surface area is 305 Å². The zero-order valence-corrected chi connectivity index (χ0v) is 33.1. The van der Waals surface area contributed by atoms with E-state index in [1.54, 1.807) is 45.6 Å². The minimum Gasteiger partial charge on any atom is -0.481 e. The van der Waals surface area contributed by atoms with Gasteiger partial charge >= 0.3 is 5.97 Å². The first-order valence-electron chi connectivity index (χ1n) is 22.7. The maximum atomic E-state index is 11.4. The fourth-order valence-corrected chi connectivity index (χ4v) is 10.1. The second-order valence-corrected chi connectivity index (χ2v) is 18.3. The van der Waals surface area contributed by atoms with Gasteiger partial charge in [-0.2, -0.15) is 0 Å². The summed E-state index contributed by atoms with van der Waals surface area (Å²) in [6, 6.07) is 0. The molecule has 9 atom stereocenters. The molecule has 4 aliphatic rings. The smallest absolute Gasteiger partial charge is 0.309 e. The average Bonchev–Trinajstić information content (AvgIpc) is 3.91. The Bertz CT molecular complexity index is 913. The van der Waals surface area contributed by atoms with Gasteiger partial charge in [-0.3, -0.25) is 9.79 Å². The van der Waals surface area contributed by atoms with Gasteiger partial charge in [0, 0.05) is 12.8 Å². The molecule has 0 aromatic heterocycles. The van der Waals surface area contributed by atoms with E-state index in [1.807, 2.05) is 0 Å². The van der Waals surface area contributed by atoms with Crippen LogP contribution < -0.4 is 0 Å². The summed E-state index contributed by atoms with van der Waals surface area (Å²) >= 11 is 0. The average molecular weight is 682 g/mol. The molecule has 1 N–H and O–H groups in total. The number of hydrogen-bond acceptors (Lipinski definition) is 2. The predicted octanol–water partition coefficient (Wildman–Crippen LogP) is 14.3. The van der Waals surface area contributed by atoms with E-state index in [0.29, 0.717) is 5.92 Å². The number of hydrogen-bond donors (Lipinski definition) is 1. The van der Waals surface area contributed by atoms with Gasteiger partial charge < -0.3 is 5.11 Å². The molecule has 0 amide bonds. The van der Waals surface area contributed by atoms with Crippen LogP contribution in [0.15, 0.2) is 4.99 Å². The van der Waals surface area contributed by atoms with Crippen molar-refractivity contribution in [2.24, 2.45) is 58.3 Å². The largest absolute Gasteiger partial charge is 0.481 e. The van der Waals surface area contributed by atoms with Gasteiger partial charge in [0.05, 0.1) is 6.42 Å². The number of aliphatic imine (C=N–C) groups is 1. The maximum absolute atomic E-state index is 11.4. The second-order valence-electron chi connectivity index (χ2n) is 18.3. The van der Waals surface area contributed by atoms with Crippen molar-refractivity contribution in [1.82, 2.24) is 0 Å². The summed E-state index contributed by atoms with van der Waals surface area (Å²) < 4.78 is 0. The van der Waals surface area contributed by atoms with Crippen LogP contribution in [-0.2, 0) is 4.79 Å². The first kappa shape index (κ1) is 40.9. The van der Waals surface area contributed by atoms with Gasteiger partial charge in [0.1, 0.15) is 0 Å². The summed E-state index contributed by atoms with van der Waals surface area (Å²) in [5, 5.41) is 9.36. The molecule has 0 bridgehead atoms. The van der Waals surface area contributed by atoms with Gasteiger partial charge in [-0.1, -0.05) is 168 Å². The number of aliphatic carboxylic acids is 1. The summed E-state index contributed by atoms with van der Waals surface area (Å²) in [7, 11) is 1.79. The third-order valence-electron chi connectivity index (χ3n) is 13.9. The normalized spacial score (nSPS) is 29.2. The lowest BCUT2D eigenvalue weighted by atomic mass is 9.89. The predicted molar refractivity (Wildman–Crippen MR) is 211 cm³/mol. The number of unbranched alkanes of at least 4 members (excludes halogenated alkanes) is 14.